The molecule has 0 amide bonds. The monoisotopic (exact) mass is 232 g/mol. The summed E-state index contributed by atoms with van der Waals surface area (Å²) in [5.74, 6) is 1.72. The van der Waals surface area contributed by atoms with Crippen molar-refractivity contribution in [2.75, 3.05) is 12.3 Å². The molecule has 4 heteroatoms. The average molecular weight is 232 g/mol. The van der Waals surface area contributed by atoms with Gasteiger partial charge in [0, 0.05) is 6.42 Å². The number of nitrogen functional groups attached to an aromatic ring is 1. The van der Waals surface area contributed by atoms with Gasteiger partial charge in [0.2, 0.25) is 0 Å². The third-order valence-electron chi connectivity index (χ3n) is 2.47. The van der Waals surface area contributed by atoms with Crippen molar-refractivity contribution in [1.82, 2.24) is 4.98 Å². The van der Waals surface area contributed by atoms with Crippen LogP contribution in [0.2, 0.25) is 0 Å². The van der Waals surface area contributed by atoms with Crippen molar-refractivity contribution >= 4 is 6.01 Å². The number of aromatic nitrogens is 1. The van der Waals surface area contributed by atoms with Crippen LogP contribution in [0.5, 0.6) is 5.75 Å². The molecular weight excluding hydrogens is 216 g/mol. The molecule has 17 heavy (non-hydrogen) atoms. The van der Waals surface area contributed by atoms with Crippen LogP contribution < -0.4 is 10.5 Å². The summed E-state index contributed by atoms with van der Waals surface area (Å²) in [6.45, 7) is 2.67. The minimum Gasteiger partial charge on any atom is -0.494 e. The van der Waals surface area contributed by atoms with Crippen molar-refractivity contribution in [3.8, 4) is 5.75 Å². The summed E-state index contributed by atoms with van der Waals surface area (Å²) in [5.41, 5.74) is 6.65. The van der Waals surface area contributed by atoms with E-state index in [0.717, 1.165) is 24.4 Å². The lowest BCUT2D eigenvalue weighted by atomic mass is 10.1. The molecule has 0 unspecified atom stereocenters. The lowest BCUT2D eigenvalue weighted by Gasteiger charge is -2.04. The molecule has 1 heterocycles. The molecule has 0 spiro atoms. The molecule has 2 rings (SSSR count). The maximum Gasteiger partial charge on any atom is 0.292 e. The Morgan fingerprint density at radius 3 is 2.59 bits per heavy atom. The molecule has 90 valence electrons. The van der Waals surface area contributed by atoms with Crippen LogP contribution in [-0.4, -0.2) is 11.6 Å². The van der Waals surface area contributed by atoms with E-state index in [-0.39, 0.29) is 6.01 Å². The van der Waals surface area contributed by atoms with Gasteiger partial charge in [-0.1, -0.05) is 12.1 Å². The number of ether oxygens (including phenoxy) is 1. The third-order valence-corrected chi connectivity index (χ3v) is 2.47. The Hall–Kier alpha value is -1.97. The Balaban J connectivity index is 1.90. The van der Waals surface area contributed by atoms with Gasteiger partial charge in [0.1, 0.15) is 11.5 Å². The summed E-state index contributed by atoms with van der Waals surface area (Å²) in [6, 6.07) is 8.31. The number of hydrogen-bond donors (Lipinski definition) is 1. The van der Waals surface area contributed by atoms with Crippen LogP contribution >= 0.6 is 0 Å². The van der Waals surface area contributed by atoms with Crippen LogP contribution in [-0.2, 0) is 12.8 Å². The SMILES string of the molecule is CCOc1ccc(CCc2cnc(N)o2)cc1. The van der Waals surface area contributed by atoms with Crippen LogP contribution in [0.1, 0.15) is 18.2 Å². The highest BCUT2D eigenvalue weighted by Gasteiger charge is 2.01. The number of benzene rings is 1. The molecule has 0 aliphatic rings. The number of nitrogens with zero attached hydrogens (tertiary/aromatic N) is 1. The maximum atomic E-state index is 5.41. The van der Waals surface area contributed by atoms with E-state index in [2.05, 4.69) is 17.1 Å². The lowest BCUT2D eigenvalue weighted by Crippen LogP contribution is -1.93. The molecule has 2 aromatic rings. The molecule has 1 aromatic heterocycles. The predicted molar refractivity (Wildman–Crippen MR) is 65.9 cm³/mol. The second-order valence-electron chi connectivity index (χ2n) is 3.74. The van der Waals surface area contributed by atoms with Crippen molar-refractivity contribution < 1.29 is 9.15 Å². The highest BCUT2D eigenvalue weighted by molar-refractivity contribution is 5.27. The Labute approximate surface area is 100 Å². The summed E-state index contributed by atoms with van der Waals surface area (Å²) < 4.78 is 10.6. The summed E-state index contributed by atoms with van der Waals surface area (Å²) in [7, 11) is 0. The van der Waals surface area contributed by atoms with Crippen molar-refractivity contribution in [2.24, 2.45) is 0 Å². The minimum atomic E-state index is 0.228. The molecule has 0 saturated carbocycles. The number of nitrogens with two attached hydrogens (primary N) is 1. The van der Waals surface area contributed by atoms with Gasteiger partial charge in [-0.3, -0.25) is 0 Å². The maximum absolute atomic E-state index is 5.41. The van der Waals surface area contributed by atoms with Gasteiger partial charge in [-0.2, -0.15) is 0 Å². The van der Waals surface area contributed by atoms with Crippen LogP contribution in [0.15, 0.2) is 34.9 Å². The van der Waals surface area contributed by atoms with Crippen LogP contribution in [0.25, 0.3) is 0 Å². The van der Waals surface area contributed by atoms with Gasteiger partial charge in [0.15, 0.2) is 0 Å². The van der Waals surface area contributed by atoms with E-state index in [0.29, 0.717) is 6.61 Å². The predicted octanol–water partition coefficient (Wildman–Crippen LogP) is 2.44. The Morgan fingerprint density at radius 1 is 1.24 bits per heavy atom. The van der Waals surface area contributed by atoms with Crippen LogP contribution in [0, 0.1) is 0 Å². The van der Waals surface area contributed by atoms with Gasteiger partial charge in [-0.25, -0.2) is 4.98 Å². The molecule has 2 N–H and O–H groups in total. The Kier molecular flexibility index (Phi) is 3.65. The summed E-state index contributed by atoms with van der Waals surface area (Å²) in [6.07, 6.45) is 3.38. The zero-order valence-electron chi connectivity index (χ0n) is 9.85. The first-order valence-electron chi connectivity index (χ1n) is 5.70. The van der Waals surface area contributed by atoms with E-state index in [1.165, 1.54) is 5.56 Å². The largest absolute Gasteiger partial charge is 0.494 e. The number of oxazole rings is 1. The zero-order chi connectivity index (χ0) is 12.1. The smallest absolute Gasteiger partial charge is 0.292 e. The van der Waals surface area contributed by atoms with Gasteiger partial charge < -0.3 is 14.9 Å². The highest BCUT2D eigenvalue weighted by atomic mass is 16.5. The normalized spacial score (nSPS) is 10.4. The summed E-state index contributed by atoms with van der Waals surface area (Å²) in [4.78, 5) is 3.86. The molecule has 0 bridgehead atoms. The minimum absolute atomic E-state index is 0.228. The van der Waals surface area contributed by atoms with Gasteiger partial charge in [-0.05, 0) is 31.0 Å². The van der Waals surface area contributed by atoms with Gasteiger partial charge in [-0.15, -0.1) is 0 Å². The fraction of sp³-hybridized carbons (Fsp3) is 0.308. The van der Waals surface area contributed by atoms with Gasteiger partial charge in [0.25, 0.3) is 6.01 Å². The summed E-state index contributed by atoms with van der Waals surface area (Å²) in [5, 5.41) is 0. The molecule has 0 radical (unpaired) electrons. The zero-order valence-corrected chi connectivity index (χ0v) is 9.85. The molecule has 4 nitrogen and oxygen atoms in total. The number of hydrogen-bond acceptors (Lipinski definition) is 4. The first-order valence-corrected chi connectivity index (χ1v) is 5.70. The number of rotatable bonds is 5. The molecule has 0 saturated heterocycles. The topological polar surface area (TPSA) is 61.3 Å². The van der Waals surface area contributed by atoms with Crippen molar-refractivity contribution in [1.29, 1.82) is 0 Å². The molecule has 0 aliphatic carbocycles. The van der Waals surface area contributed by atoms with Crippen LogP contribution in [0.4, 0.5) is 6.01 Å². The van der Waals surface area contributed by atoms with E-state index in [1.54, 1.807) is 6.20 Å². The first-order chi connectivity index (χ1) is 8.28. The second kappa shape index (κ2) is 5.39. The molecular formula is C13H16N2O2. The first kappa shape index (κ1) is 11.5. The van der Waals surface area contributed by atoms with Crippen molar-refractivity contribution in [2.45, 2.75) is 19.8 Å². The Morgan fingerprint density at radius 2 is 2.00 bits per heavy atom. The highest BCUT2D eigenvalue weighted by Crippen LogP contribution is 2.14. The van der Waals surface area contributed by atoms with Crippen molar-refractivity contribution in [3.63, 3.8) is 0 Å². The van der Waals surface area contributed by atoms with Gasteiger partial charge >= 0.3 is 0 Å². The second-order valence-corrected chi connectivity index (χ2v) is 3.74. The van der Waals surface area contributed by atoms with E-state index < -0.39 is 0 Å². The lowest BCUT2D eigenvalue weighted by molar-refractivity contribution is 0.340. The fourth-order valence-electron chi connectivity index (χ4n) is 1.62. The van der Waals surface area contributed by atoms with E-state index in [9.17, 15) is 0 Å². The van der Waals surface area contributed by atoms with Crippen LogP contribution in [0.3, 0.4) is 0 Å². The standard InChI is InChI=1S/C13H16N2O2/c1-2-16-11-6-3-10(4-7-11)5-8-12-9-15-13(14)17-12/h3-4,6-7,9H,2,5,8H2,1H3,(H2,14,15). The number of aryl methyl sites for hydroxylation is 2. The van der Waals surface area contributed by atoms with Crippen molar-refractivity contribution in [3.05, 3.63) is 41.8 Å². The average Bonchev–Trinajstić information content (AvgIpc) is 2.75. The number of anilines is 1. The fourth-order valence-corrected chi connectivity index (χ4v) is 1.62. The molecule has 0 aliphatic heterocycles. The van der Waals surface area contributed by atoms with Gasteiger partial charge in [0.05, 0.1) is 12.8 Å². The van der Waals surface area contributed by atoms with E-state index in [1.807, 2.05) is 19.1 Å². The Bertz CT molecular complexity index is 463. The van der Waals surface area contributed by atoms with E-state index >= 15 is 0 Å². The quantitative estimate of drug-likeness (QED) is 0.860. The van der Waals surface area contributed by atoms with E-state index in [4.69, 9.17) is 14.9 Å². The molecule has 1 aromatic carbocycles. The molecule has 0 atom stereocenters. The molecule has 0 fully saturated rings. The summed E-state index contributed by atoms with van der Waals surface area (Å²) >= 11 is 0. The third kappa shape index (κ3) is 3.24.